The highest BCUT2D eigenvalue weighted by molar-refractivity contribution is 6.32. The first kappa shape index (κ1) is 13.2. The predicted octanol–water partition coefficient (Wildman–Crippen LogP) is 5.32. The minimum atomic E-state index is -0.343. The van der Waals surface area contributed by atoms with Crippen LogP contribution in [0.25, 0.3) is 0 Å². The number of aryl methyl sites for hydroxylation is 1. The van der Waals surface area contributed by atoms with Crippen LogP contribution < -0.4 is 4.74 Å². The second kappa shape index (κ2) is 5.59. The van der Waals surface area contributed by atoms with Crippen molar-refractivity contribution in [2.24, 2.45) is 0 Å². The molecule has 0 spiro atoms. The molecule has 4 heteroatoms. The first-order valence-corrected chi connectivity index (χ1v) is 6.30. The van der Waals surface area contributed by atoms with Crippen molar-refractivity contribution in [2.75, 3.05) is 0 Å². The molecule has 2 aromatic carbocycles. The lowest BCUT2D eigenvalue weighted by molar-refractivity contribution is 0.469. The van der Waals surface area contributed by atoms with E-state index in [1.54, 1.807) is 24.3 Å². The number of hydrogen-bond acceptors (Lipinski definition) is 1. The van der Waals surface area contributed by atoms with Crippen molar-refractivity contribution in [1.82, 2.24) is 0 Å². The molecule has 0 aliphatic rings. The summed E-state index contributed by atoms with van der Waals surface area (Å²) >= 11 is 11.9. The van der Waals surface area contributed by atoms with E-state index < -0.39 is 0 Å². The minimum absolute atomic E-state index is 0.239. The first-order chi connectivity index (χ1) is 8.61. The third kappa shape index (κ3) is 2.77. The molecule has 0 heterocycles. The van der Waals surface area contributed by atoms with Crippen molar-refractivity contribution < 1.29 is 9.13 Å². The monoisotopic (exact) mass is 284 g/mol. The summed E-state index contributed by atoms with van der Waals surface area (Å²) in [5, 5.41) is 0.538. The highest BCUT2D eigenvalue weighted by atomic mass is 35.5. The zero-order valence-electron chi connectivity index (χ0n) is 9.71. The fraction of sp³-hybridized carbons (Fsp3) is 0.143. The fourth-order valence-electron chi connectivity index (χ4n) is 1.57. The van der Waals surface area contributed by atoms with Gasteiger partial charge >= 0.3 is 0 Å². The quantitative estimate of drug-likeness (QED) is 0.693. The summed E-state index contributed by atoms with van der Waals surface area (Å²) in [6.07, 6.45) is 0. The fourth-order valence-corrected chi connectivity index (χ4v) is 2.14. The van der Waals surface area contributed by atoms with Gasteiger partial charge in [-0.2, -0.15) is 0 Å². The van der Waals surface area contributed by atoms with Gasteiger partial charge in [-0.1, -0.05) is 23.7 Å². The highest BCUT2D eigenvalue weighted by Crippen LogP contribution is 2.33. The Morgan fingerprint density at radius 2 is 1.94 bits per heavy atom. The normalized spacial score (nSPS) is 10.4. The maximum Gasteiger partial charge on any atom is 0.133 e. The number of rotatable bonds is 3. The van der Waals surface area contributed by atoms with Crippen LogP contribution in [0.4, 0.5) is 4.39 Å². The molecule has 0 bridgehead atoms. The Kier molecular flexibility index (Phi) is 4.10. The van der Waals surface area contributed by atoms with Gasteiger partial charge in [0, 0.05) is 16.7 Å². The predicted molar refractivity (Wildman–Crippen MR) is 72.2 cm³/mol. The lowest BCUT2D eigenvalue weighted by atomic mass is 10.2. The summed E-state index contributed by atoms with van der Waals surface area (Å²) in [5.74, 6) is 0.906. The molecule has 0 unspecified atom stereocenters. The highest BCUT2D eigenvalue weighted by Gasteiger charge is 2.10. The van der Waals surface area contributed by atoms with Crippen LogP contribution in [0.3, 0.4) is 0 Å². The molecule has 0 atom stereocenters. The second-order valence-corrected chi connectivity index (χ2v) is 4.54. The van der Waals surface area contributed by atoms with Crippen LogP contribution >= 0.6 is 23.2 Å². The smallest absolute Gasteiger partial charge is 0.133 e. The molecule has 0 aliphatic carbocycles. The average molecular weight is 285 g/mol. The van der Waals surface area contributed by atoms with Crippen molar-refractivity contribution >= 4 is 23.2 Å². The summed E-state index contributed by atoms with van der Waals surface area (Å²) in [7, 11) is 0. The van der Waals surface area contributed by atoms with Crippen LogP contribution in [0.2, 0.25) is 5.02 Å². The zero-order chi connectivity index (χ0) is 13.1. The molecular formula is C14H11Cl2FO. The van der Waals surface area contributed by atoms with Gasteiger partial charge in [0.25, 0.3) is 0 Å². The van der Waals surface area contributed by atoms with Crippen molar-refractivity contribution in [1.29, 1.82) is 0 Å². The van der Waals surface area contributed by atoms with Crippen LogP contribution in [-0.2, 0) is 5.88 Å². The molecular weight excluding hydrogens is 274 g/mol. The topological polar surface area (TPSA) is 9.23 Å². The van der Waals surface area contributed by atoms with Gasteiger partial charge in [0.1, 0.15) is 17.3 Å². The molecule has 0 N–H and O–H groups in total. The van der Waals surface area contributed by atoms with E-state index in [9.17, 15) is 4.39 Å². The first-order valence-electron chi connectivity index (χ1n) is 5.39. The number of benzene rings is 2. The third-order valence-corrected chi connectivity index (χ3v) is 3.20. The Labute approximate surface area is 115 Å². The number of ether oxygens (including phenoxy) is 1. The molecule has 1 nitrogen and oxygen atoms in total. The lowest BCUT2D eigenvalue weighted by Crippen LogP contribution is -1.93. The van der Waals surface area contributed by atoms with E-state index in [2.05, 4.69) is 0 Å². The molecule has 2 rings (SSSR count). The van der Waals surface area contributed by atoms with E-state index in [1.807, 2.05) is 6.92 Å². The largest absolute Gasteiger partial charge is 0.457 e. The molecule has 0 amide bonds. The third-order valence-electron chi connectivity index (χ3n) is 2.58. The Morgan fingerprint density at radius 1 is 1.17 bits per heavy atom. The van der Waals surface area contributed by atoms with Crippen molar-refractivity contribution in [3.63, 3.8) is 0 Å². The molecule has 0 saturated carbocycles. The molecule has 0 fully saturated rings. The van der Waals surface area contributed by atoms with Gasteiger partial charge < -0.3 is 4.74 Å². The number of hydrogen-bond donors (Lipinski definition) is 0. The Hall–Kier alpha value is -1.25. The van der Waals surface area contributed by atoms with E-state index in [4.69, 9.17) is 27.9 Å². The van der Waals surface area contributed by atoms with Crippen LogP contribution in [0.5, 0.6) is 11.5 Å². The Balaban J connectivity index is 2.40. The average Bonchev–Trinajstić information content (AvgIpc) is 2.34. The molecule has 0 radical (unpaired) electrons. The van der Waals surface area contributed by atoms with Gasteiger partial charge in [-0.25, -0.2) is 4.39 Å². The van der Waals surface area contributed by atoms with Gasteiger partial charge in [-0.3, -0.25) is 0 Å². The zero-order valence-corrected chi connectivity index (χ0v) is 11.2. The van der Waals surface area contributed by atoms with E-state index in [-0.39, 0.29) is 11.7 Å². The summed E-state index contributed by atoms with van der Waals surface area (Å²) in [6.45, 7) is 1.85. The summed E-state index contributed by atoms with van der Waals surface area (Å²) in [5.41, 5.74) is 1.54. The van der Waals surface area contributed by atoms with E-state index in [0.29, 0.717) is 22.1 Å². The SMILES string of the molecule is Cc1ccc(F)cc1Oc1cccc(Cl)c1CCl. The number of halogens is 3. The summed E-state index contributed by atoms with van der Waals surface area (Å²) in [6, 6.07) is 9.66. The maximum atomic E-state index is 13.2. The molecule has 0 aliphatic heterocycles. The maximum absolute atomic E-state index is 13.2. The van der Waals surface area contributed by atoms with Crippen LogP contribution in [0.1, 0.15) is 11.1 Å². The molecule has 94 valence electrons. The van der Waals surface area contributed by atoms with E-state index in [1.165, 1.54) is 12.1 Å². The second-order valence-electron chi connectivity index (χ2n) is 3.86. The van der Waals surface area contributed by atoms with Crippen LogP contribution in [-0.4, -0.2) is 0 Å². The molecule has 2 aromatic rings. The minimum Gasteiger partial charge on any atom is -0.457 e. The van der Waals surface area contributed by atoms with Gasteiger partial charge in [-0.05, 0) is 30.7 Å². The summed E-state index contributed by atoms with van der Waals surface area (Å²) < 4.78 is 18.9. The molecule has 0 aromatic heterocycles. The van der Waals surface area contributed by atoms with Crippen LogP contribution in [0.15, 0.2) is 36.4 Å². The van der Waals surface area contributed by atoms with Gasteiger partial charge in [-0.15, -0.1) is 11.6 Å². The van der Waals surface area contributed by atoms with Gasteiger partial charge in [0.15, 0.2) is 0 Å². The van der Waals surface area contributed by atoms with E-state index >= 15 is 0 Å². The Bertz CT molecular complexity index is 570. The van der Waals surface area contributed by atoms with Gasteiger partial charge in [0.05, 0.1) is 5.88 Å². The van der Waals surface area contributed by atoms with Crippen molar-refractivity contribution in [3.8, 4) is 11.5 Å². The van der Waals surface area contributed by atoms with Crippen molar-refractivity contribution in [2.45, 2.75) is 12.8 Å². The van der Waals surface area contributed by atoms with E-state index in [0.717, 1.165) is 5.56 Å². The number of alkyl halides is 1. The standard InChI is InChI=1S/C14H11Cl2FO/c1-9-5-6-10(17)7-14(9)18-13-4-2-3-12(16)11(13)8-15/h2-7H,8H2,1H3. The molecule has 18 heavy (non-hydrogen) atoms. The summed E-state index contributed by atoms with van der Waals surface area (Å²) in [4.78, 5) is 0. The van der Waals surface area contributed by atoms with Crippen molar-refractivity contribution in [3.05, 3.63) is 58.4 Å². The molecule has 0 saturated heterocycles. The van der Waals surface area contributed by atoms with Crippen LogP contribution in [0, 0.1) is 12.7 Å². The van der Waals surface area contributed by atoms with Gasteiger partial charge in [0.2, 0.25) is 0 Å². The lowest BCUT2D eigenvalue weighted by Gasteiger charge is -2.12. The Morgan fingerprint density at radius 3 is 2.67 bits per heavy atom.